The van der Waals surface area contributed by atoms with Crippen molar-refractivity contribution in [3.63, 3.8) is 0 Å². The summed E-state index contributed by atoms with van der Waals surface area (Å²) in [5.74, 6) is 0.479. The van der Waals surface area contributed by atoms with E-state index in [1.54, 1.807) is 6.07 Å². The molecular formula is C18H21BrN4O. The third-order valence-electron chi connectivity index (χ3n) is 4.28. The van der Waals surface area contributed by atoms with Crippen molar-refractivity contribution >= 4 is 33.3 Å². The van der Waals surface area contributed by atoms with E-state index < -0.39 is 0 Å². The first-order chi connectivity index (χ1) is 11.6. The lowest BCUT2D eigenvalue weighted by Crippen LogP contribution is -2.36. The molecule has 3 rings (SSSR count). The number of rotatable bonds is 4. The molecule has 0 saturated heterocycles. The number of aromatic nitrogens is 2. The maximum Gasteiger partial charge on any atom is 0.270 e. The Balaban J connectivity index is 1.68. The number of carbonyl (C=O) groups is 1. The van der Waals surface area contributed by atoms with Gasteiger partial charge in [0.2, 0.25) is 0 Å². The summed E-state index contributed by atoms with van der Waals surface area (Å²) in [5, 5.41) is 6.29. The molecule has 1 saturated carbocycles. The van der Waals surface area contributed by atoms with Gasteiger partial charge in [0.25, 0.3) is 5.91 Å². The molecule has 1 aromatic carbocycles. The quantitative estimate of drug-likeness (QED) is 0.816. The van der Waals surface area contributed by atoms with E-state index in [1.807, 2.05) is 25.1 Å². The highest BCUT2D eigenvalue weighted by Gasteiger charge is 2.17. The highest BCUT2D eigenvalue weighted by Crippen LogP contribution is 2.23. The van der Waals surface area contributed by atoms with E-state index in [9.17, 15) is 4.79 Å². The lowest BCUT2D eigenvalue weighted by molar-refractivity contribution is 0.0922. The molecule has 1 aliphatic carbocycles. The number of hydrogen-bond donors (Lipinski definition) is 2. The predicted octanol–water partition coefficient (Wildman–Crippen LogP) is 4.35. The molecule has 1 aliphatic rings. The Bertz CT molecular complexity index is 729. The van der Waals surface area contributed by atoms with Gasteiger partial charge in [-0.1, -0.05) is 41.3 Å². The van der Waals surface area contributed by atoms with Gasteiger partial charge < -0.3 is 10.6 Å². The normalized spacial score (nSPS) is 15.1. The van der Waals surface area contributed by atoms with Crippen LogP contribution in [0.2, 0.25) is 0 Å². The number of anilines is 2. The first-order valence-corrected chi connectivity index (χ1v) is 9.07. The van der Waals surface area contributed by atoms with Crippen LogP contribution in [0.15, 0.2) is 35.1 Å². The summed E-state index contributed by atoms with van der Waals surface area (Å²) >= 11 is 3.52. The fourth-order valence-corrected chi connectivity index (χ4v) is 3.25. The monoisotopic (exact) mass is 388 g/mol. The molecule has 5 nitrogen and oxygen atoms in total. The van der Waals surface area contributed by atoms with Crippen molar-refractivity contribution in [2.24, 2.45) is 0 Å². The van der Waals surface area contributed by atoms with Crippen LogP contribution < -0.4 is 10.6 Å². The van der Waals surface area contributed by atoms with Crippen LogP contribution in [0.1, 0.15) is 48.2 Å². The van der Waals surface area contributed by atoms with Gasteiger partial charge in [-0.25, -0.2) is 9.97 Å². The van der Waals surface area contributed by atoms with Crippen molar-refractivity contribution in [2.45, 2.75) is 45.1 Å². The Morgan fingerprint density at radius 3 is 2.71 bits per heavy atom. The van der Waals surface area contributed by atoms with E-state index in [2.05, 4.69) is 36.5 Å². The second kappa shape index (κ2) is 7.75. The van der Waals surface area contributed by atoms with Crippen LogP contribution in [-0.2, 0) is 0 Å². The maximum absolute atomic E-state index is 12.4. The summed E-state index contributed by atoms with van der Waals surface area (Å²) in [6.45, 7) is 2.03. The van der Waals surface area contributed by atoms with Gasteiger partial charge in [-0.05, 0) is 37.5 Å². The number of halogens is 1. The molecule has 0 bridgehead atoms. The van der Waals surface area contributed by atoms with Gasteiger partial charge in [-0.2, -0.15) is 0 Å². The molecule has 0 spiro atoms. The number of benzene rings is 1. The van der Waals surface area contributed by atoms with Gasteiger partial charge in [-0.15, -0.1) is 0 Å². The largest absolute Gasteiger partial charge is 0.348 e. The second-order valence-electron chi connectivity index (χ2n) is 6.19. The molecule has 1 heterocycles. The molecule has 1 amide bonds. The Morgan fingerprint density at radius 1 is 1.17 bits per heavy atom. The fourth-order valence-electron chi connectivity index (χ4n) is 2.87. The van der Waals surface area contributed by atoms with Gasteiger partial charge in [-0.3, -0.25) is 4.79 Å². The number of aryl methyl sites for hydroxylation is 1. The molecule has 0 aliphatic heterocycles. The number of hydrogen-bond acceptors (Lipinski definition) is 4. The summed E-state index contributed by atoms with van der Waals surface area (Å²) in [5.41, 5.74) is 2.46. The molecule has 2 N–H and O–H groups in total. The van der Waals surface area contributed by atoms with E-state index in [4.69, 9.17) is 0 Å². The second-order valence-corrected chi connectivity index (χ2v) is 7.04. The lowest BCUT2D eigenvalue weighted by Gasteiger charge is -2.22. The van der Waals surface area contributed by atoms with Crippen LogP contribution in [-0.4, -0.2) is 21.9 Å². The van der Waals surface area contributed by atoms with Crippen molar-refractivity contribution in [1.29, 1.82) is 0 Å². The average molecular weight is 389 g/mol. The van der Waals surface area contributed by atoms with Crippen molar-refractivity contribution < 1.29 is 4.79 Å². The molecule has 0 unspecified atom stereocenters. The topological polar surface area (TPSA) is 66.9 Å². The number of nitrogens with zero attached hydrogens (tertiary/aromatic N) is 2. The van der Waals surface area contributed by atoms with Crippen LogP contribution >= 0.6 is 15.9 Å². The van der Waals surface area contributed by atoms with Crippen LogP contribution in [0.25, 0.3) is 0 Å². The average Bonchev–Trinajstić information content (AvgIpc) is 2.59. The molecule has 126 valence electrons. The number of carbonyl (C=O) groups excluding carboxylic acids is 1. The molecule has 0 atom stereocenters. The van der Waals surface area contributed by atoms with Crippen LogP contribution in [0.3, 0.4) is 0 Å². The first kappa shape index (κ1) is 16.9. The molecule has 6 heteroatoms. The van der Waals surface area contributed by atoms with Crippen LogP contribution in [0.5, 0.6) is 0 Å². The van der Waals surface area contributed by atoms with Crippen molar-refractivity contribution in [3.8, 4) is 0 Å². The molecule has 2 aromatic rings. The molecule has 24 heavy (non-hydrogen) atoms. The minimum atomic E-state index is -0.127. The highest BCUT2D eigenvalue weighted by atomic mass is 79.9. The standard InChI is InChI=1S/C18H21BrN4O/c1-12-7-8-14(9-15(12)19)22-17-10-16(20-11-21-17)18(24)23-13-5-3-2-4-6-13/h7-11,13H,2-6H2,1H3,(H,23,24)(H,20,21,22). The van der Waals surface area contributed by atoms with Crippen molar-refractivity contribution in [3.05, 3.63) is 46.3 Å². The highest BCUT2D eigenvalue weighted by molar-refractivity contribution is 9.10. The fraction of sp³-hybridized carbons (Fsp3) is 0.389. The maximum atomic E-state index is 12.4. The van der Waals surface area contributed by atoms with E-state index in [0.29, 0.717) is 11.5 Å². The van der Waals surface area contributed by atoms with Crippen molar-refractivity contribution in [2.75, 3.05) is 5.32 Å². The SMILES string of the molecule is Cc1ccc(Nc2cc(C(=O)NC3CCCCC3)ncn2)cc1Br. The van der Waals surface area contributed by atoms with Crippen molar-refractivity contribution in [1.82, 2.24) is 15.3 Å². The zero-order valence-corrected chi connectivity index (χ0v) is 15.3. The Morgan fingerprint density at radius 2 is 1.96 bits per heavy atom. The molecule has 1 aromatic heterocycles. The Hall–Kier alpha value is -1.95. The number of amides is 1. The van der Waals surface area contributed by atoms with Gasteiger partial charge in [0.1, 0.15) is 17.8 Å². The minimum Gasteiger partial charge on any atom is -0.348 e. The van der Waals surface area contributed by atoms with E-state index >= 15 is 0 Å². The third kappa shape index (κ3) is 4.32. The molecule has 1 fully saturated rings. The minimum absolute atomic E-state index is 0.127. The van der Waals surface area contributed by atoms with Gasteiger partial charge in [0.05, 0.1) is 0 Å². The van der Waals surface area contributed by atoms with Gasteiger partial charge >= 0.3 is 0 Å². The molecular weight excluding hydrogens is 368 g/mol. The zero-order valence-electron chi connectivity index (χ0n) is 13.7. The first-order valence-electron chi connectivity index (χ1n) is 8.28. The smallest absolute Gasteiger partial charge is 0.270 e. The Labute approximate surface area is 150 Å². The lowest BCUT2D eigenvalue weighted by atomic mass is 9.95. The van der Waals surface area contributed by atoms with Crippen LogP contribution in [0, 0.1) is 6.92 Å². The summed E-state index contributed by atoms with van der Waals surface area (Å²) in [6, 6.07) is 7.94. The van der Waals surface area contributed by atoms with Gasteiger partial charge in [0.15, 0.2) is 0 Å². The third-order valence-corrected chi connectivity index (χ3v) is 5.14. The summed E-state index contributed by atoms with van der Waals surface area (Å²) in [7, 11) is 0. The summed E-state index contributed by atoms with van der Waals surface area (Å²) in [6.07, 6.45) is 7.16. The number of nitrogens with one attached hydrogen (secondary N) is 2. The predicted molar refractivity (Wildman–Crippen MR) is 98.5 cm³/mol. The summed E-state index contributed by atoms with van der Waals surface area (Å²) in [4.78, 5) is 20.7. The van der Waals surface area contributed by atoms with E-state index in [1.165, 1.54) is 25.6 Å². The van der Waals surface area contributed by atoms with E-state index in [-0.39, 0.29) is 11.9 Å². The summed E-state index contributed by atoms with van der Waals surface area (Å²) < 4.78 is 1.02. The van der Waals surface area contributed by atoms with Crippen LogP contribution in [0.4, 0.5) is 11.5 Å². The molecule has 0 radical (unpaired) electrons. The van der Waals surface area contributed by atoms with Gasteiger partial charge in [0, 0.05) is 22.3 Å². The Kier molecular flexibility index (Phi) is 5.45. The van der Waals surface area contributed by atoms with E-state index in [0.717, 1.165) is 28.6 Å². The zero-order chi connectivity index (χ0) is 16.9.